The van der Waals surface area contributed by atoms with E-state index in [1.54, 1.807) is 25.1 Å². The number of benzene rings is 2. The highest BCUT2D eigenvalue weighted by Crippen LogP contribution is 2.35. The second-order valence-electron chi connectivity index (χ2n) is 7.81. The molecular weight excluding hydrogens is 408 g/mol. The van der Waals surface area contributed by atoms with Gasteiger partial charge in [-0.1, -0.05) is 12.1 Å². The molecule has 1 aromatic heterocycles. The van der Waals surface area contributed by atoms with Crippen molar-refractivity contribution in [3.8, 4) is 28.5 Å². The number of carbonyl (C=O) groups excluding carboxylic acids is 1. The minimum atomic E-state index is -0.681. The lowest BCUT2D eigenvalue weighted by Crippen LogP contribution is -2.30. The summed E-state index contributed by atoms with van der Waals surface area (Å²) in [6.07, 6.45) is 1.73. The molecule has 1 unspecified atom stereocenters. The quantitative estimate of drug-likeness (QED) is 0.633. The number of nitrogens with one attached hydrogen (secondary N) is 1. The first-order chi connectivity index (χ1) is 15.7. The van der Waals surface area contributed by atoms with Crippen LogP contribution in [0.1, 0.15) is 19.8 Å². The number of rotatable bonds is 6. The molecule has 8 nitrogen and oxygen atoms in total. The van der Waals surface area contributed by atoms with E-state index < -0.39 is 6.10 Å². The number of carbonyl (C=O) groups is 1. The molecule has 3 aromatic rings. The van der Waals surface area contributed by atoms with Crippen LogP contribution < -0.4 is 24.4 Å². The van der Waals surface area contributed by atoms with E-state index >= 15 is 0 Å². The third-order valence-electron chi connectivity index (χ3n) is 5.55. The van der Waals surface area contributed by atoms with Crippen molar-refractivity contribution < 1.29 is 19.0 Å². The van der Waals surface area contributed by atoms with Gasteiger partial charge >= 0.3 is 0 Å². The predicted molar refractivity (Wildman–Crippen MR) is 120 cm³/mol. The Morgan fingerprint density at radius 2 is 1.78 bits per heavy atom. The zero-order chi connectivity index (χ0) is 21.9. The van der Waals surface area contributed by atoms with Crippen LogP contribution in [0.5, 0.6) is 17.2 Å². The predicted octanol–water partition coefficient (Wildman–Crippen LogP) is 3.88. The number of hydrogen-bond acceptors (Lipinski definition) is 7. The Labute approximate surface area is 186 Å². The molecule has 2 aromatic carbocycles. The van der Waals surface area contributed by atoms with Gasteiger partial charge in [-0.05, 0) is 56.2 Å². The van der Waals surface area contributed by atoms with Crippen LogP contribution in [0.2, 0.25) is 0 Å². The van der Waals surface area contributed by atoms with Crippen LogP contribution in [0.15, 0.2) is 54.6 Å². The van der Waals surface area contributed by atoms with E-state index in [0.717, 1.165) is 30.2 Å². The zero-order valence-electron chi connectivity index (χ0n) is 17.8. The van der Waals surface area contributed by atoms with Crippen LogP contribution in [0.4, 0.5) is 11.5 Å². The first-order valence-electron chi connectivity index (χ1n) is 10.7. The van der Waals surface area contributed by atoms with E-state index in [4.69, 9.17) is 14.2 Å². The molecule has 0 saturated carbocycles. The van der Waals surface area contributed by atoms with Crippen molar-refractivity contribution in [2.75, 3.05) is 30.1 Å². The van der Waals surface area contributed by atoms with Gasteiger partial charge in [-0.2, -0.15) is 0 Å². The maximum atomic E-state index is 12.5. The summed E-state index contributed by atoms with van der Waals surface area (Å²) in [6.45, 7) is 3.98. The van der Waals surface area contributed by atoms with E-state index in [-0.39, 0.29) is 12.7 Å². The van der Waals surface area contributed by atoms with Crippen molar-refractivity contribution in [2.24, 2.45) is 0 Å². The molecule has 32 heavy (non-hydrogen) atoms. The first-order valence-corrected chi connectivity index (χ1v) is 10.7. The molecule has 1 atom stereocenters. The van der Waals surface area contributed by atoms with E-state index in [2.05, 4.69) is 20.4 Å². The Bertz CT molecular complexity index is 1100. The fourth-order valence-corrected chi connectivity index (χ4v) is 3.77. The number of amides is 1. The average Bonchev–Trinajstić information content (AvgIpc) is 3.52. The summed E-state index contributed by atoms with van der Waals surface area (Å²) in [7, 11) is 0. The van der Waals surface area contributed by atoms with Gasteiger partial charge in [-0.3, -0.25) is 4.79 Å². The van der Waals surface area contributed by atoms with E-state index in [9.17, 15) is 4.79 Å². The average molecular weight is 432 g/mol. The largest absolute Gasteiger partial charge is 0.481 e. The number of anilines is 2. The number of hydrogen-bond donors (Lipinski definition) is 1. The second kappa shape index (κ2) is 8.74. The Kier molecular flexibility index (Phi) is 5.49. The van der Waals surface area contributed by atoms with Crippen LogP contribution in [0.3, 0.4) is 0 Å². The highest BCUT2D eigenvalue weighted by atomic mass is 16.7. The molecule has 1 fully saturated rings. The summed E-state index contributed by atoms with van der Waals surface area (Å²) in [5, 5.41) is 11.6. The van der Waals surface area contributed by atoms with Crippen molar-refractivity contribution in [1.82, 2.24) is 10.2 Å². The maximum Gasteiger partial charge on any atom is 0.265 e. The fraction of sp³-hybridized carbons (Fsp3) is 0.292. The maximum absolute atomic E-state index is 12.5. The highest BCUT2D eigenvalue weighted by Gasteiger charge is 2.19. The Morgan fingerprint density at radius 3 is 2.53 bits per heavy atom. The zero-order valence-corrected chi connectivity index (χ0v) is 17.8. The molecule has 2 aliphatic heterocycles. The van der Waals surface area contributed by atoms with Gasteiger partial charge in [0.1, 0.15) is 5.75 Å². The minimum Gasteiger partial charge on any atom is -0.481 e. The van der Waals surface area contributed by atoms with Crippen molar-refractivity contribution in [3.05, 3.63) is 54.6 Å². The third-order valence-corrected chi connectivity index (χ3v) is 5.55. The molecule has 0 bridgehead atoms. The molecule has 1 amide bonds. The van der Waals surface area contributed by atoms with Crippen LogP contribution in [-0.4, -0.2) is 42.1 Å². The number of nitrogens with zero attached hydrogens (tertiary/aromatic N) is 3. The number of aromatic nitrogens is 2. The summed E-state index contributed by atoms with van der Waals surface area (Å²) in [6, 6.07) is 16.7. The van der Waals surface area contributed by atoms with E-state index in [0.29, 0.717) is 22.9 Å². The molecule has 5 rings (SSSR count). The summed E-state index contributed by atoms with van der Waals surface area (Å²) in [5.74, 6) is 2.51. The standard InChI is InChI=1S/C24H24N4O4/c1-16(32-19-8-10-21-22(14-19)31-15-30-21)24(29)25-18-6-4-17(5-7-18)20-9-11-23(27-26-20)28-12-2-3-13-28/h4-11,14,16H,2-3,12-13,15H2,1H3,(H,25,29). The monoisotopic (exact) mass is 432 g/mol. The Hall–Kier alpha value is -3.81. The molecule has 8 heteroatoms. The summed E-state index contributed by atoms with van der Waals surface area (Å²) >= 11 is 0. The van der Waals surface area contributed by atoms with Crippen LogP contribution in [0, 0.1) is 0 Å². The first kappa shape index (κ1) is 20.1. The van der Waals surface area contributed by atoms with Gasteiger partial charge in [-0.25, -0.2) is 0 Å². The van der Waals surface area contributed by atoms with Crippen molar-refractivity contribution in [2.45, 2.75) is 25.9 Å². The van der Waals surface area contributed by atoms with Crippen molar-refractivity contribution in [3.63, 3.8) is 0 Å². The van der Waals surface area contributed by atoms with Gasteiger partial charge in [0, 0.05) is 30.4 Å². The SMILES string of the molecule is CC(Oc1ccc2c(c1)OCO2)C(=O)Nc1ccc(-c2ccc(N3CCCC3)nn2)cc1. The van der Waals surface area contributed by atoms with E-state index in [1.807, 2.05) is 36.4 Å². The van der Waals surface area contributed by atoms with Gasteiger partial charge < -0.3 is 24.4 Å². The Balaban J connectivity index is 1.19. The molecular formula is C24H24N4O4. The molecule has 2 aliphatic rings. The highest BCUT2D eigenvalue weighted by molar-refractivity contribution is 5.94. The molecule has 3 heterocycles. The number of ether oxygens (including phenoxy) is 3. The lowest BCUT2D eigenvalue weighted by Gasteiger charge is -2.16. The molecule has 0 radical (unpaired) electrons. The van der Waals surface area contributed by atoms with Crippen LogP contribution in [-0.2, 0) is 4.79 Å². The molecule has 1 N–H and O–H groups in total. The smallest absolute Gasteiger partial charge is 0.265 e. The van der Waals surface area contributed by atoms with Gasteiger partial charge in [-0.15, -0.1) is 10.2 Å². The van der Waals surface area contributed by atoms with Crippen molar-refractivity contribution >= 4 is 17.4 Å². The summed E-state index contributed by atoms with van der Waals surface area (Å²) in [5.41, 5.74) is 2.42. The topological polar surface area (TPSA) is 85.8 Å². The molecule has 1 saturated heterocycles. The van der Waals surface area contributed by atoms with Gasteiger partial charge in [0.05, 0.1) is 5.69 Å². The van der Waals surface area contributed by atoms with Crippen molar-refractivity contribution in [1.29, 1.82) is 0 Å². The van der Waals surface area contributed by atoms with Gasteiger partial charge in [0.15, 0.2) is 23.4 Å². The van der Waals surface area contributed by atoms with Gasteiger partial charge in [0.25, 0.3) is 5.91 Å². The normalized spacial score (nSPS) is 15.5. The fourth-order valence-electron chi connectivity index (χ4n) is 3.77. The second-order valence-corrected chi connectivity index (χ2v) is 7.81. The molecule has 164 valence electrons. The third kappa shape index (κ3) is 4.30. The van der Waals surface area contributed by atoms with E-state index in [1.165, 1.54) is 12.8 Å². The molecule has 0 spiro atoms. The van der Waals surface area contributed by atoms with Crippen LogP contribution in [0.25, 0.3) is 11.3 Å². The lowest BCUT2D eigenvalue weighted by atomic mass is 10.1. The summed E-state index contributed by atoms with van der Waals surface area (Å²) < 4.78 is 16.4. The minimum absolute atomic E-state index is 0.193. The summed E-state index contributed by atoms with van der Waals surface area (Å²) in [4.78, 5) is 14.8. The lowest BCUT2D eigenvalue weighted by molar-refractivity contribution is -0.122. The molecule has 0 aliphatic carbocycles. The Morgan fingerprint density at radius 1 is 1.00 bits per heavy atom. The van der Waals surface area contributed by atoms with Crippen LogP contribution >= 0.6 is 0 Å². The van der Waals surface area contributed by atoms with Gasteiger partial charge in [0.2, 0.25) is 6.79 Å². The number of fused-ring (bicyclic) bond motifs is 1.